The maximum Gasteiger partial charge on any atom is 0.273 e. The number of H-pyrrole nitrogens is 1. The topological polar surface area (TPSA) is 101 Å². The van der Waals surface area contributed by atoms with Crippen LogP contribution < -0.4 is 4.74 Å². The third kappa shape index (κ3) is 3.30. The Morgan fingerprint density at radius 2 is 1.83 bits per heavy atom. The lowest BCUT2D eigenvalue weighted by Crippen LogP contribution is -2.32. The summed E-state index contributed by atoms with van der Waals surface area (Å²) in [6.07, 6.45) is 0. The first-order chi connectivity index (χ1) is 14.4. The molecule has 0 fully saturated rings. The smallest absolute Gasteiger partial charge is 0.273 e. The molecule has 0 saturated carbocycles. The van der Waals surface area contributed by atoms with E-state index in [4.69, 9.17) is 4.74 Å². The summed E-state index contributed by atoms with van der Waals surface area (Å²) in [7, 11) is 1.61. The number of nitrogens with one attached hydrogen (secondary N) is 1. The van der Waals surface area contributed by atoms with E-state index in [1.165, 1.54) is 12.1 Å². The van der Waals surface area contributed by atoms with Gasteiger partial charge >= 0.3 is 0 Å². The molecular formula is C22H22N4O4. The zero-order valence-corrected chi connectivity index (χ0v) is 17.0. The number of carbonyl (C=O) groups is 1. The zero-order chi connectivity index (χ0) is 21.4. The van der Waals surface area contributed by atoms with E-state index in [2.05, 4.69) is 24.0 Å². The second-order valence-electron chi connectivity index (χ2n) is 7.69. The average molecular weight is 406 g/mol. The number of rotatable bonds is 6. The number of methoxy groups -OCH3 is 1. The molecule has 3 aromatic rings. The second-order valence-corrected chi connectivity index (χ2v) is 7.69. The maximum absolute atomic E-state index is 13.2. The number of aromatic nitrogens is 2. The van der Waals surface area contributed by atoms with Crippen LogP contribution in [-0.4, -0.2) is 39.6 Å². The fraction of sp³-hybridized carbons (Fsp3) is 0.273. The molecule has 0 spiro atoms. The van der Waals surface area contributed by atoms with Gasteiger partial charge < -0.3 is 9.64 Å². The van der Waals surface area contributed by atoms with Gasteiger partial charge in [0.05, 0.1) is 23.8 Å². The fourth-order valence-corrected chi connectivity index (χ4v) is 3.87. The van der Waals surface area contributed by atoms with Crippen LogP contribution in [0, 0.1) is 16.0 Å². The molecule has 0 saturated heterocycles. The Balaban J connectivity index is 1.83. The van der Waals surface area contributed by atoms with Crippen molar-refractivity contribution in [3.05, 3.63) is 75.5 Å². The summed E-state index contributed by atoms with van der Waals surface area (Å²) in [5.74, 6) is 0.876. The van der Waals surface area contributed by atoms with E-state index >= 15 is 0 Å². The van der Waals surface area contributed by atoms with E-state index in [1.807, 2.05) is 29.2 Å². The number of hydrogen-bond acceptors (Lipinski definition) is 5. The molecule has 1 aromatic heterocycles. The van der Waals surface area contributed by atoms with Crippen molar-refractivity contribution in [3.8, 4) is 17.0 Å². The number of amides is 1. The molecular weight excluding hydrogens is 384 g/mol. The second kappa shape index (κ2) is 7.62. The van der Waals surface area contributed by atoms with Gasteiger partial charge in [-0.3, -0.25) is 20.0 Å². The van der Waals surface area contributed by atoms with Crippen molar-refractivity contribution in [1.29, 1.82) is 0 Å². The molecule has 1 amide bonds. The number of hydrogen-bond donors (Lipinski definition) is 1. The van der Waals surface area contributed by atoms with Crippen molar-refractivity contribution in [2.24, 2.45) is 5.92 Å². The van der Waals surface area contributed by atoms with E-state index in [-0.39, 0.29) is 23.6 Å². The zero-order valence-electron chi connectivity index (χ0n) is 17.0. The Morgan fingerprint density at radius 1 is 1.17 bits per heavy atom. The largest absolute Gasteiger partial charge is 0.497 e. The first-order valence-corrected chi connectivity index (χ1v) is 9.68. The molecule has 0 radical (unpaired) electrons. The Hall–Kier alpha value is -3.68. The van der Waals surface area contributed by atoms with Crippen molar-refractivity contribution < 1.29 is 14.5 Å². The highest BCUT2D eigenvalue weighted by Crippen LogP contribution is 2.43. The van der Waals surface area contributed by atoms with E-state index in [0.717, 1.165) is 22.4 Å². The number of ether oxygens (including phenoxy) is 1. The predicted molar refractivity (Wildman–Crippen MR) is 111 cm³/mol. The highest BCUT2D eigenvalue weighted by molar-refractivity contribution is 6.00. The minimum atomic E-state index is -0.429. The summed E-state index contributed by atoms with van der Waals surface area (Å²) in [4.78, 5) is 25.6. The first kappa shape index (κ1) is 19.6. The third-order valence-electron chi connectivity index (χ3n) is 5.21. The highest BCUT2D eigenvalue weighted by Gasteiger charge is 2.42. The Bertz CT molecular complexity index is 1090. The van der Waals surface area contributed by atoms with Crippen molar-refractivity contribution in [2.75, 3.05) is 13.7 Å². The summed E-state index contributed by atoms with van der Waals surface area (Å²) in [5.41, 5.74) is 3.63. The first-order valence-electron chi connectivity index (χ1n) is 9.68. The predicted octanol–water partition coefficient (Wildman–Crippen LogP) is 4.19. The van der Waals surface area contributed by atoms with Crippen LogP contribution in [0.5, 0.6) is 5.75 Å². The monoisotopic (exact) mass is 406 g/mol. The van der Waals surface area contributed by atoms with Crippen molar-refractivity contribution >= 4 is 11.6 Å². The summed E-state index contributed by atoms with van der Waals surface area (Å²) >= 11 is 0. The molecule has 1 aliphatic heterocycles. The van der Waals surface area contributed by atoms with Gasteiger partial charge in [-0.05, 0) is 47.9 Å². The van der Waals surface area contributed by atoms with Gasteiger partial charge in [0.2, 0.25) is 0 Å². The van der Waals surface area contributed by atoms with Crippen LogP contribution in [0.4, 0.5) is 5.69 Å². The van der Waals surface area contributed by atoms with Gasteiger partial charge in [0.1, 0.15) is 11.4 Å². The van der Waals surface area contributed by atoms with Crippen LogP contribution in [-0.2, 0) is 0 Å². The van der Waals surface area contributed by atoms with Crippen molar-refractivity contribution in [1.82, 2.24) is 15.1 Å². The summed E-state index contributed by atoms with van der Waals surface area (Å²) in [5, 5.41) is 18.4. The molecule has 0 bridgehead atoms. The van der Waals surface area contributed by atoms with Crippen LogP contribution in [0.1, 0.15) is 41.5 Å². The fourth-order valence-electron chi connectivity index (χ4n) is 3.87. The number of non-ortho nitro benzene ring substituents is 1. The number of carbonyl (C=O) groups excluding carboxylic acids is 1. The number of nitrogens with zero attached hydrogens (tertiary/aromatic N) is 3. The number of fused-ring (bicyclic) bond motifs is 1. The summed E-state index contributed by atoms with van der Waals surface area (Å²) < 4.78 is 5.23. The van der Waals surface area contributed by atoms with Gasteiger partial charge in [0.25, 0.3) is 11.6 Å². The number of benzene rings is 2. The lowest BCUT2D eigenvalue weighted by atomic mass is 9.95. The van der Waals surface area contributed by atoms with Gasteiger partial charge in [-0.1, -0.05) is 13.8 Å². The quantitative estimate of drug-likeness (QED) is 0.488. The molecule has 2 heterocycles. The van der Waals surface area contributed by atoms with Crippen molar-refractivity contribution in [3.63, 3.8) is 0 Å². The molecule has 154 valence electrons. The Kier molecular flexibility index (Phi) is 4.99. The molecule has 30 heavy (non-hydrogen) atoms. The molecule has 4 rings (SSSR count). The third-order valence-corrected chi connectivity index (χ3v) is 5.21. The molecule has 2 aromatic carbocycles. The standard InChI is InChI=1S/C22H22N4O4/c1-13(2)12-25-21(15-4-8-16(9-5-15)26(28)29)18-19(23-24-20(18)22(25)27)14-6-10-17(30-3)11-7-14/h4-11,13,21H,12H2,1-3H3,(H,23,24). The molecule has 8 heteroatoms. The van der Waals surface area contributed by atoms with Crippen LogP contribution >= 0.6 is 0 Å². The molecule has 1 unspecified atom stereocenters. The lowest BCUT2D eigenvalue weighted by molar-refractivity contribution is -0.384. The number of nitro groups is 1. The maximum atomic E-state index is 13.2. The van der Waals surface area contributed by atoms with E-state index in [0.29, 0.717) is 17.9 Å². The SMILES string of the molecule is COc1ccc(-c2n[nH]c3c2C(c2ccc([N+](=O)[O-])cc2)N(CC(C)C)C3=O)cc1. The number of aromatic amines is 1. The van der Waals surface area contributed by atoms with Gasteiger partial charge in [-0.2, -0.15) is 5.10 Å². The van der Waals surface area contributed by atoms with E-state index in [1.54, 1.807) is 19.2 Å². The van der Waals surface area contributed by atoms with Crippen LogP contribution in [0.3, 0.4) is 0 Å². The molecule has 1 atom stereocenters. The summed E-state index contributed by atoms with van der Waals surface area (Å²) in [6, 6.07) is 13.5. The Morgan fingerprint density at radius 3 is 2.40 bits per heavy atom. The van der Waals surface area contributed by atoms with Crippen molar-refractivity contribution in [2.45, 2.75) is 19.9 Å². The molecule has 1 aliphatic rings. The van der Waals surface area contributed by atoms with Gasteiger partial charge in [-0.15, -0.1) is 0 Å². The summed E-state index contributed by atoms with van der Waals surface area (Å²) in [6.45, 7) is 4.66. The van der Waals surface area contributed by atoms with Gasteiger partial charge in [0.15, 0.2) is 0 Å². The minimum absolute atomic E-state index is 0.0151. The molecule has 1 N–H and O–H groups in total. The number of nitro benzene ring substituents is 1. The van der Waals surface area contributed by atoms with E-state index < -0.39 is 4.92 Å². The van der Waals surface area contributed by atoms with Crippen LogP contribution in [0.15, 0.2) is 48.5 Å². The average Bonchev–Trinajstić information content (AvgIpc) is 3.27. The van der Waals surface area contributed by atoms with Crippen LogP contribution in [0.25, 0.3) is 11.3 Å². The highest BCUT2D eigenvalue weighted by atomic mass is 16.6. The molecule has 0 aliphatic carbocycles. The molecule has 8 nitrogen and oxygen atoms in total. The van der Waals surface area contributed by atoms with E-state index in [9.17, 15) is 14.9 Å². The minimum Gasteiger partial charge on any atom is -0.497 e. The Labute approximate surface area is 173 Å². The lowest BCUT2D eigenvalue weighted by Gasteiger charge is -2.27. The van der Waals surface area contributed by atoms with Gasteiger partial charge in [0, 0.05) is 29.8 Å². The normalized spacial score (nSPS) is 15.5. The van der Waals surface area contributed by atoms with Crippen LogP contribution in [0.2, 0.25) is 0 Å². The van der Waals surface area contributed by atoms with Gasteiger partial charge in [-0.25, -0.2) is 0 Å².